The van der Waals surface area contributed by atoms with Crippen molar-refractivity contribution in [1.29, 1.82) is 0 Å². The molecule has 1 aromatic rings. The van der Waals surface area contributed by atoms with Crippen LogP contribution in [0.5, 0.6) is 5.75 Å². The minimum Gasteiger partial charge on any atom is -0.457 e. The molecule has 0 aromatic heterocycles. The number of carbonyl (C=O) groups excluding carboxylic acids is 1. The molecule has 0 amide bonds. The van der Waals surface area contributed by atoms with E-state index in [-0.39, 0.29) is 0 Å². The Hall–Kier alpha value is -1.80. The normalized spacial score (nSPS) is 10.7. The van der Waals surface area contributed by atoms with Crippen molar-refractivity contribution >= 4 is 16.8 Å². The summed E-state index contributed by atoms with van der Waals surface area (Å²) in [5.74, 6) is 1.19. The summed E-state index contributed by atoms with van der Waals surface area (Å²) in [4.78, 5) is 10.8. The van der Waals surface area contributed by atoms with E-state index in [9.17, 15) is 4.79 Å². The first-order valence-electron chi connectivity index (χ1n) is 4.60. The molecule has 0 N–H and O–H groups in total. The van der Waals surface area contributed by atoms with Crippen molar-refractivity contribution in [1.82, 2.24) is 0 Å². The Morgan fingerprint density at radius 3 is 2.31 bits per heavy atom. The molecule has 82 valence electrons. The van der Waals surface area contributed by atoms with E-state index in [1.807, 2.05) is 0 Å². The Morgan fingerprint density at radius 1 is 1.25 bits per heavy atom. The summed E-state index contributed by atoms with van der Waals surface area (Å²) in [7, 11) is 0. The zero-order chi connectivity index (χ0) is 12.0. The number of hydrogen-bond donors (Lipinski definition) is 0. The summed E-state index contributed by atoms with van der Waals surface area (Å²) in [6.07, 6.45) is 4.86. The van der Waals surface area contributed by atoms with E-state index in [0.29, 0.717) is 17.1 Å². The van der Waals surface area contributed by atoms with E-state index in [4.69, 9.17) is 16.3 Å². The van der Waals surface area contributed by atoms with Gasteiger partial charge in [-0.3, -0.25) is 4.79 Å². The van der Waals surface area contributed by atoms with Crippen molar-refractivity contribution in [3.63, 3.8) is 0 Å². The highest BCUT2D eigenvalue weighted by molar-refractivity contribution is 6.67. The van der Waals surface area contributed by atoms with Crippen LogP contribution in [0.4, 0.5) is 0 Å². The third-order valence-electron chi connectivity index (χ3n) is 1.80. The van der Waals surface area contributed by atoms with E-state index in [2.05, 4.69) is 13.2 Å². The Labute approximate surface area is 99.5 Å². The molecule has 1 aromatic carbocycles. The van der Waals surface area contributed by atoms with Crippen LogP contribution >= 0.6 is 11.6 Å². The van der Waals surface area contributed by atoms with Crippen molar-refractivity contribution in [3.05, 3.63) is 67.0 Å². The molecule has 0 saturated heterocycles. The highest BCUT2D eigenvalue weighted by atomic mass is 35.5. The van der Waals surface area contributed by atoms with Crippen LogP contribution < -0.4 is 4.74 Å². The molecule has 0 bridgehead atoms. The highest BCUT2D eigenvalue weighted by Gasteiger charge is 2.01. The smallest absolute Gasteiger partial charge is 0.252 e. The van der Waals surface area contributed by atoms with E-state index in [0.717, 1.165) is 0 Å². The van der Waals surface area contributed by atoms with Gasteiger partial charge >= 0.3 is 0 Å². The number of allylic oxidation sites excluding steroid dienone is 3. The molecule has 0 atom stereocenters. The van der Waals surface area contributed by atoms with Gasteiger partial charge in [0.1, 0.15) is 11.5 Å². The molecule has 0 heterocycles. The lowest BCUT2D eigenvalue weighted by Gasteiger charge is -2.05. The van der Waals surface area contributed by atoms with Gasteiger partial charge in [0.25, 0.3) is 5.24 Å². The minimum absolute atomic E-state index is 0.432. The van der Waals surface area contributed by atoms with Crippen LogP contribution in [-0.4, -0.2) is 5.24 Å². The zero-order valence-electron chi connectivity index (χ0n) is 8.65. The number of hydrogen-bond acceptors (Lipinski definition) is 2. The molecule has 0 saturated carbocycles. The number of ether oxygens (including phenoxy) is 1. The van der Waals surface area contributed by atoms with Gasteiger partial charge < -0.3 is 4.74 Å². The van der Waals surface area contributed by atoms with E-state index < -0.39 is 5.24 Å². The summed E-state index contributed by atoms with van der Waals surface area (Å²) in [5, 5.41) is -0.489. The largest absolute Gasteiger partial charge is 0.457 e. The maximum atomic E-state index is 10.8. The van der Waals surface area contributed by atoms with Crippen LogP contribution in [0.25, 0.3) is 0 Å². The second kappa shape index (κ2) is 5.93. The van der Waals surface area contributed by atoms with Crippen LogP contribution in [0.15, 0.2) is 61.4 Å². The second-order valence-corrected chi connectivity index (χ2v) is 3.25. The third-order valence-corrected chi connectivity index (χ3v) is 2.02. The molecular formula is C13H11ClO2. The lowest BCUT2D eigenvalue weighted by Crippen LogP contribution is -1.93. The number of halogens is 1. The maximum absolute atomic E-state index is 10.8. The summed E-state index contributed by atoms with van der Waals surface area (Å²) < 4.78 is 5.46. The lowest BCUT2D eigenvalue weighted by molar-refractivity contribution is 0.108. The Kier molecular flexibility index (Phi) is 4.55. The first-order valence-corrected chi connectivity index (χ1v) is 4.98. The van der Waals surface area contributed by atoms with Gasteiger partial charge in [-0.15, -0.1) is 0 Å². The number of carbonyl (C=O) groups is 1. The maximum Gasteiger partial charge on any atom is 0.252 e. The van der Waals surface area contributed by atoms with Gasteiger partial charge in [0.2, 0.25) is 0 Å². The van der Waals surface area contributed by atoms with Crippen LogP contribution in [0.3, 0.4) is 0 Å². The van der Waals surface area contributed by atoms with Crippen LogP contribution in [0, 0.1) is 0 Å². The zero-order valence-corrected chi connectivity index (χ0v) is 9.41. The van der Waals surface area contributed by atoms with Gasteiger partial charge in [0.05, 0.1) is 0 Å². The molecule has 0 aliphatic rings. The van der Waals surface area contributed by atoms with Crippen molar-refractivity contribution in [3.8, 4) is 5.75 Å². The molecule has 16 heavy (non-hydrogen) atoms. The van der Waals surface area contributed by atoms with Crippen molar-refractivity contribution < 1.29 is 9.53 Å². The summed E-state index contributed by atoms with van der Waals surface area (Å²) in [6.45, 7) is 7.17. The van der Waals surface area contributed by atoms with Gasteiger partial charge in [-0.05, 0) is 48.0 Å². The SMILES string of the molecule is C=C/C=C(\C=C)Oc1ccc(C(=O)Cl)cc1. The number of benzene rings is 1. The van der Waals surface area contributed by atoms with Crippen LogP contribution in [0.1, 0.15) is 10.4 Å². The summed E-state index contributed by atoms with van der Waals surface area (Å²) >= 11 is 5.32. The monoisotopic (exact) mass is 234 g/mol. The molecular weight excluding hydrogens is 224 g/mol. The molecule has 0 aliphatic heterocycles. The lowest BCUT2D eigenvalue weighted by atomic mass is 10.2. The quantitative estimate of drug-likeness (QED) is 0.441. The fraction of sp³-hybridized carbons (Fsp3) is 0. The van der Waals surface area contributed by atoms with E-state index in [1.54, 1.807) is 42.5 Å². The fourth-order valence-corrected chi connectivity index (χ4v) is 1.18. The van der Waals surface area contributed by atoms with Crippen molar-refractivity contribution in [2.45, 2.75) is 0 Å². The molecule has 0 unspecified atom stereocenters. The Balaban J connectivity index is 2.82. The average Bonchev–Trinajstić information content (AvgIpc) is 2.29. The summed E-state index contributed by atoms with van der Waals surface area (Å²) in [5.41, 5.74) is 0.432. The van der Waals surface area contributed by atoms with Crippen LogP contribution in [0.2, 0.25) is 0 Å². The van der Waals surface area contributed by atoms with Gasteiger partial charge in [-0.2, -0.15) is 0 Å². The number of rotatable bonds is 5. The molecule has 2 nitrogen and oxygen atoms in total. The van der Waals surface area contributed by atoms with Gasteiger partial charge in [-0.25, -0.2) is 0 Å². The third kappa shape index (κ3) is 3.41. The molecule has 0 fully saturated rings. The standard InChI is InChI=1S/C13H11ClO2/c1-3-5-11(4-2)16-12-8-6-10(7-9-12)13(14)15/h3-9H,1-2H2/b11-5+. The molecule has 0 radical (unpaired) electrons. The highest BCUT2D eigenvalue weighted by Crippen LogP contribution is 2.16. The predicted octanol–water partition coefficient (Wildman–Crippen LogP) is 3.70. The summed E-state index contributed by atoms with van der Waals surface area (Å²) in [6, 6.07) is 6.52. The molecule has 1 rings (SSSR count). The molecule has 3 heteroatoms. The Morgan fingerprint density at radius 2 is 1.88 bits per heavy atom. The average molecular weight is 235 g/mol. The predicted molar refractivity (Wildman–Crippen MR) is 65.7 cm³/mol. The van der Waals surface area contributed by atoms with Gasteiger partial charge in [0.15, 0.2) is 0 Å². The van der Waals surface area contributed by atoms with E-state index in [1.165, 1.54) is 0 Å². The van der Waals surface area contributed by atoms with Gasteiger partial charge in [-0.1, -0.05) is 19.2 Å². The van der Waals surface area contributed by atoms with E-state index >= 15 is 0 Å². The molecule has 0 aliphatic carbocycles. The second-order valence-electron chi connectivity index (χ2n) is 2.91. The van der Waals surface area contributed by atoms with Crippen molar-refractivity contribution in [2.24, 2.45) is 0 Å². The molecule has 0 spiro atoms. The minimum atomic E-state index is -0.489. The topological polar surface area (TPSA) is 26.3 Å². The van der Waals surface area contributed by atoms with Crippen molar-refractivity contribution in [2.75, 3.05) is 0 Å². The first kappa shape index (κ1) is 12.3. The fourth-order valence-electron chi connectivity index (χ4n) is 1.05. The van der Waals surface area contributed by atoms with Gasteiger partial charge in [0, 0.05) is 5.56 Å². The Bertz CT molecular complexity index is 430. The first-order chi connectivity index (χ1) is 7.67. The van der Waals surface area contributed by atoms with Crippen LogP contribution in [-0.2, 0) is 0 Å².